The van der Waals surface area contributed by atoms with Crippen molar-refractivity contribution in [3.05, 3.63) is 30.0 Å². The molecule has 0 radical (unpaired) electrons. The van der Waals surface area contributed by atoms with Crippen molar-refractivity contribution in [1.82, 2.24) is 10.2 Å². The zero-order valence-electron chi connectivity index (χ0n) is 12.8. The van der Waals surface area contributed by atoms with Gasteiger partial charge in [-0.1, -0.05) is 0 Å². The van der Waals surface area contributed by atoms with Gasteiger partial charge in [-0.05, 0) is 58.1 Å². The molecule has 5 heteroatoms. The number of rotatable bonds is 6. The molecule has 0 aliphatic carbocycles. The number of fused-ring (bicyclic) bond motifs is 1. The average molecular weight is 289 g/mol. The van der Waals surface area contributed by atoms with Crippen LogP contribution < -0.4 is 11.1 Å². The smallest absolute Gasteiger partial charge is 0.287 e. The number of nitrogen functional groups attached to an aromatic ring is 1. The number of furan rings is 1. The first-order valence-corrected chi connectivity index (χ1v) is 7.25. The summed E-state index contributed by atoms with van der Waals surface area (Å²) in [6.07, 6.45) is 0.910. The van der Waals surface area contributed by atoms with Crippen LogP contribution in [0.1, 0.15) is 30.8 Å². The molecule has 2 rings (SSSR count). The van der Waals surface area contributed by atoms with Gasteiger partial charge in [-0.25, -0.2) is 0 Å². The number of carbonyl (C=O) groups excluding carboxylic acids is 1. The normalized spacial score (nSPS) is 11.5. The van der Waals surface area contributed by atoms with Crippen LogP contribution in [0.25, 0.3) is 11.0 Å². The summed E-state index contributed by atoms with van der Waals surface area (Å²) in [4.78, 5) is 14.3. The summed E-state index contributed by atoms with van der Waals surface area (Å²) in [5.41, 5.74) is 7.05. The molecular formula is C16H23N3O2. The van der Waals surface area contributed by atoms with E-state index in [2.05, 4.69) is 31.1 Å². The van der Waals surface area contributed by atoms with Crippen LogP contribution >= 0.6 is 0 Å². The Labute approximate surface area is 125 Å². The molecule has 3 N–H and O–H groups in total. The van der Waals surface area contributed by atoms with Crippen LogP contribution in [0.15, 0.2) is 28.7 Å². The number of amides is 1. The van der Waals surface area contributed by atoms with Crippen LogP contribution in [0.2, 0.25) is 0 Å². The van der Waals surface area contributed by atoms with E-state index in [1.165, 1.54) is 0 Å². The lowest BCUT2D eigenvalue weighted by Gasteiger charge is -2.20. The number of anilines is 1. The molecule has 0 spiro atoms. The molecule has 1 heterocycles. The van der Waals surface area contributed by atoms with Gasteiger partial charge in [-0.2, -0.15) is 0 Å². The molecule has 0 saturated carbocycles. The van der Waals surface area contributed by atoms with Crippen molar-refractivity contribution >= 4 is 22.6 Å². The largest absolute Gasteiger partial charge is 0.451 e. The van der Waals surface area contributed by atoms with Gasteiger partial charge < -0.3 is 20.4 Å². The number of nitrogens with one attached hydrogen (secondary N) is 1. The molecule has 21 heavy (non-hydrogen) atoms. The van der Waals surface area contributed by atoms with Crippen molar-refractivity contribution in [2.45, 2.75) is 26.3 Å². The van der Waals surface area contributed by atoms with Crippen LogP contribution in [0.4, 0.5) is 5.69 Å². The summed E-state index contributed by atoms with van der Waals surface area (Å²) in [5.74, 6) is 0.143. The minimum Gasteiger partial charge on any atom is -0.451 e. The number of carbonyl (C=O) groups is 1. The van der Waals surface area contributed by atoms with Crippen LogP contribution in [0.3, 0.4) is 0 Å². The lowest BCUT2D eigenvalue weighted by Crippen LogP contribution is -2.31. The van der Waals surface area contributed by atoms with Gasteiger partial charge in [0, 0.05) is 23.7 Å². The Bertz CT molecular complexity index is 619. The van der Waals surface area contributed by atoms with E-state index in [9.17, 15) is 4.79 Å². The summed E-state index contributed by atoms with van der Waals surface area (Å²) in [7, 11) is 2.08. The molecule has 0 atom stereocenters. The maximum atomic E-state index is 12.0. The van der Waals surface area contributed by atoms with E-state index >= 15 is 0 Å². The van der Waals surface area contributed by atoms with E-state index in [1.54, 1.807) is 24.3 Å². The number of hydrogen-bond donors (Lipinski definition) is 2. The molecule has 2 aromatic rings. The fraction of sp³-hybridized carbons (Fsp3) is 0.438. The highest BCUT2D eigenvalue weighted by atomic mass is 16.3. The van der Waals surface area contributed by atoms with Crippen molar-refractivity contribution in [2.24, 2.45) is 0 Å². The van der Waals surface area contributed by atoms with Gasteiger partial charge in [0.2, 0.25) is 0 Å². The van der Waals surface area contributed by atoms with E-state index in [-0.39, 0.29) is 5.91 Å². The molecule has 0 aliphatic heterocycles. The monoisotopic (exact) mass is 289 g/mol. The number of nitrogens with two attached hydrogens (primary N) is 1. The quantitative estimate of drug-likeness (QED) is 0.633. The van der Waals surface area contributed by atoms with Crippen LogP contribution in [0, 0.1) is 0 Å². The molecular weight excluding hydrogens is 266 g/mol. The molecule has 1 aromatic carbocycles. The van der Waals surface area contributed by atoms with Crippen LogP contribution in [0.5, 0.6) is 0 Å². The van der Waals surface area contributed by atoms with Crippen molar-refractivity contribution in [1.29, 1.82) is 0 Å². The fourth-order valence-electron chi connectivity index (χ4n) is 2.05. The summed E-state index contributed by atoms with van der Waals surface area (Å²) in [6.45, 7) is 5.89. The molecule has 114 valence electrons. The predicted molar refractivity (Wildman–Crippen MR) is 85.3 cm³/mol. The zero-order valence-corrected chi connectivity index (χ0v) is 12.8. The summed E-state index contributed by atoms with van der Waals surface area (Å²) >= 11 is 0. The van der Waals surface area contributed by atoms with Gasteiger partial charge in [0.05, 0.1) is 0 Å². The lowest BCUT2D eigenvalue weighted by molar-refractivity contribution is 0.0926. The van der Waals surface area contributed by atoms with Crippen molar-refractivity contribution < 1.29 is 9.21 Å². The van der Waals surface area contributed by atoms with E-state index in [0.717, 1.165) is 18.4 Å². The molecule has 1 aromatic heterocycles. The van der Waals surface area contributed by atoms with E-state index in [0.29, 0.717) is 29.6 Å². The van der Waals surface area contributed by atoms with Gasteiger partial charge in [0.1, 0.15) is 5.58 Å². The molecule has 0 fully saturated rings. The molecule has 0 unspecified atom stereocenters. The average Bonchev–Trinajstić information content (AvgIpc) is 2.85. The zero-order chi connectivity index (χ0) is 15.4. The Morgan fingerprint density at radius 1 is 1.38 bits per heavy atom. The second-order valence-electron chi connectivity index (χ2n) is 5.59. The van der Waals surface area contributed by atoms with E-state index < -0.39 is 0 Å². The third-order valence-corrected chi connectivity index (χ3v) is 3.62. The Morgan fingerprint density at radius 2 is 2.14 bits per heavy atom. The number of hydrogen-bond acceptors (Lipinski definition) is 4. The molecule has 5 nitrogen and oxygen atoms in total. The number of nitrogens with zero attached hydrogens (tertiary/aromatic N) is 1. The summed E-state index contributed by atoms with van der Waals surface area (Å²) in [6, 6.07) is 7.57. The van der Waals surface area contributed by atoms with Gasteiger partial charge >= 0.3 is 0 Å². The van der Waals surface area contributed by atoms with Crippen molar-refractivity contribution in [2.75, 3.05) is 25.9 Å². The Morgan fingerprint density at radius 3 is 2.86 bits per heavy atom. The highest BCUT2D eigenvalue weighted by molar-refractivity contribution is 5.96. The molecule has 1 amide bonds. The molecule has 0 aliphatic rings. The Hall–Kier alpha value is -2.01. The predicted octanol–water partition coefficient (Wildman–Crippen LogP) is 2.48. The SMILES string of the molecule is CC(C)N(C)CCCNC(=O)c1cc2cc(N)ccc2o1. The second kappa shape index (κ2) is 6.63. The minimum absolute atomic E-state index is 0.183. The maximum Gasteiger partial charge on any atom is 0.287 e. The first-order chi connectivity index (χ1) is 9.97. The van der Waals surface area contributed by atoms with Gasteiger partial charge in [-0.3, -0.25) is 4.79 Å². The van der Waals surface area contributed by atoms with Crippen LogP contribution in [-0.4, -0.2) is 37.0 Å². The topological polar surface area (TPSA) is 71.5 Å². The van der Waals surface area contributed by atoms with Gasteiger partial charge in [0.15, 0.2) is 5.76 Å². The first kappa shape index (κ1) is 15.4. The molecule has 0 saturated heterocycles. The molecule has 0 bridgehead atoms. The number of benzene rings is 1. The van der Waals surface area contributed by atoms with E-state index in [4.69, 9.17) is 10.2 Å². The first-order valence-electron chi connectivity index (χ1n) is 7.25. The Kier molecular flexibility index (Phi) is 4.85. The maximum absolute atomic E-state index is 12.0. The standard InChI is InChI=1S/C16H23N3O2/c1-11(2)19(3)8-4-7-18-16(20)15-10-12-9-13(17)5-6-14(12)21-15/h5-6,9-11H,4,7-8,17H2,1-3H3,(H,18,20). The van der Waals surface area contributed by atoms with E-state index in [1.807, 2.05) is 0 Å². The lowest BCUT2D eigenvalue weighted by atomic mass is 10.2. The summed E-state index contributed by atoms with van der Waals surface area (Å²) in [5, 5.41) is 3.73. The van der Waals surface area contributed by atoms with Gasteiger partial charge in [0.25, 0.3) is 5.91 Å². The second-order valence-corrected chi connectivity index (χ2v) is 5.59. The van der Waals surface area contributed by atoms with Crippen molar-refractivity contribution in [3.63, 3.8) is 0 Å². The van der Waals surface area contributed by atoms with Gasteiger partial charge in [-0.15, -0.1) is 0 Å². The highest BCUT2D eigenvalue weighted by Gasteiger charge is 2.12. The van der Waals surface area contributed by atoms with Crippen molar-refractivity contribution in [3.8, 4) is 0 Å². The van der Waals surface area contributed by atoms with Crippen LogP contribution in [-0.2, 0) is 0 Å². The summed E-state index contributed by atoms with van der Waals surface area (Å²) < 4.78 is 5.52. The fourth-order valence-corrected chi connectivity index (χ4v) is 2.05. The third kappa shape index (κ3) is 3.98. The highest BCUT2D eigenvalue weighted by Crippen LogP contribution is 2.21. The third-order valence-electron chi connectivity index (χ3n) is 3.62. The minimum atomic E-state index is -0.183. The Balaban J connectivity index is 1.87.